The van der Waals surface area contributed by atoms with E-state index in [2.05, 4.69) is 15.6 Å². The molecule has 0 saturated heterocycles. The van der Waals surface area contributed by atoms with Crippen molar-refractivity contribution in [3.8, 4) is 5.75 Å². The minimum atomic E-state index is -0.475. The number of aryl methyl sites for hydroxylation is 1. The Kier molecular flexibility index (Phi) is 6.09. The van der Waals surface area contributed by atoms with Crippen LogP contribution in [0.4, 0.5) is 17.1 Å². The number of nitrogens with one attached hydrogen (secondary N) is 2. The van der Waals surface area contributed by atoms with E-state index in [1.165, 1.54) is 7.11 Å². The summed E-state index contributed by atoms with van der Waals surface area (Å²) in [6.45, 7) is 1.98. The Hall–Kier alpha value is -3.87. The number of carbonyl (C=O) groups is 2. The number of aromatic nitrogens is 1. The first-order valence-corrected chi connectivity index (χ1v) is 8.87. The van der Waals surface area contributed by atoms with Gasteiger partial charge in [0.15, 0.2) is 0 Å². The Balaban J connectivity index is 1.78. The number of methoxy groups -OCH3 is 2. The molecule has 148 valence electrons. The Morgan fingerprint density at radius 1 is 0.966 bits per heavy atom. The van der Waals surface area contributed by atoms with Gasteiger partial charge in [-0.3, -0.25) is 9.78 Å². The van der Waals surface area contributed by atoms with Gasteiger partial charge in [-0.25, -0.2) is 4.79 Å². The molecule has 0 unspecified atom stereocenters. The van der Waals surface area contributed by atoms with Gasteiger partial charge in [0.2, 0.25) is 0 Å². The molecule has 3 rings (SSSR count). The first-order chi connectivity index (χ1) is 14.0. The molecule has 0 spiro atoms. The van der Waals surface area contributed by atoms with Crippen molar-refractivity contribution in [1.29, 1.82) is 0 Å². The maximum atomic E-state index is 12.6. The van der Waals surface area contributed by atoms with E-state index in [9.17, 15) is 9.59 Å². The van der Waals surface area contributed by atoms with Crippen molar-refractivity contribution in [3.05, 3.63) is 77.6 Å². The van der Waals surface area contributed by atoms with Crippen LogP contribution in [-0.2, 0) is 4.74 Å². The van der Waals surface area contributed by atoms with E-state index in [1.54, 1.807) is 49.7 Å². The molecule has 1 amide bonds. The van der Waals surface area contributed by atoms with Crippen molar-refractivity contribution in [3.63, 3.8) is 0 Å². The van der Waals surface area contributed by atoms with Crippen LogP contribution in [0.3, 0.4) is 0 Å². The third kappa shape index (κ3) is 4.90. The molecule has 0 aliphatic rings. The topological polar surface area (TPSA) is 89.5 Å². The number of anilines is 3. The molecule has 0 saturated carbocycles. The maximum absolute atomic E-state index is 12.6. The first kappa shape index (κ1) is 19.9. The van der Waals surface area contributed by atoms with Crippen LogP contribution in [0, 0.1) is 6.92 Å². The van der Waals surface area contributed by atoms with Crippen molar-refractivity contribution in [1.82, 2.24) is 4.98 Å². The SMILES string of the molecule is COC(=O)c1cccc(NC(=O)c2cc(Nc3cc(C)ccc3OC)ccn2)c1. The van der Waals surface area contributed by atoms with Gasteiger partial charge in [0.25, 0.3) is 5.91 Å². The minimum Gasteiger partial charge on any atom is -0.495 e. The summed E-state index contributed by atoms with van der Waals surface area (Å²) in [4.78, 5) is 28.4. The van der Waals surface area contributed by atoms with Crippen molar-refractivity contribution in [2.45, 2.75) is 6.92 Å². The van der Waals surface area contributed by atoms with E-state index < -0.39 is 11.9 Å². The molecule has 1 heterocycles. The Labute approximate surface area is 168 Å². The van der Waals surface area contributed by atoms with Crippen LogP contribution in [0.5, 0.6) is 5.75 Å². The molecule has 0 bridgehead atoms. The lowest BCUT2D eigenvalue weighted by Crippen LogP contribution is -2.14. The van der Waals surface area contributed by atoms with Gasteiger partial charge in [-0.2, -0.15) is 0 Å². The van der Waals surface area contributed by atoms with Crippen LogP contribution < -0.4 is 15.4 Å². The minimum absolute atomic E-state index is 0.227. The molecule has 0 radical (unpaired) electrons. The number of esters is 1. The fraction of sp³-hybridized carbons (Fsp3) is 0.136. The number of ether oxygens (including phenoxy) is 2. The highest BCUT2D eigenvalue weighted by Gasteiger charge is 2.12. The van der Waals surface area contributed by atoms with Crippen molar-refractivity contribution in [2.75, 3.05) is 24.9 Å². The standard InChI is InChI=1S/C22H21N3O4/c1-14-7-8-20(28-2)18(11-14)24-17-9-10-23-19(13-17)21(26)25-16-6-4-5-15(12-16)22(27)29-3/h4-13H,1-3H3,(H,23,24)(H,25,26). The van der Waals surface area contributed by atoms with E-state index in [-0.39, 0.29) is 5.69 Å². The van der Waals surface area contributed by atoms with Crippen molar-refractivity contribution >= 4 is 28.9 Å². The first-order valence-electron chi connectivity index (χ1n) is 8.87. The van der Waals surface area contributed by atoms with Crippen molar-refractivity contribution < 1.29 is 19.1 Å². The summed E-state index contributed by atoms with van der Waals surface area (Å²) in [5.41, 5.74) is 3.60. The van der Waals surface area contributed by atoms with E-state index in [4.69, 9.17) is 9.47 Å². The average Bonchev–Trinajstić information content (AvgIpc) is 2.73. The largest absolute Gasteiger partial charge is 0.495 e. The summed E-state index contributed by atoms with van der Waals surface area (Å²) < 4.78 is 10.1. The van der Waals surface area contributed by atoms with E-state index in [1.807, 2.05) is 25.1 Å². The molecule has 3 aromatic rings. The zero-order valence-electron chi connectivity index (χ0n) is 16.4. The molecular weight excluding hydrogens is 370 g/mol. The Bertz CT molecular complexity index is 1050. The normalized spacial score (nSPS) is 10.2. The fourth-order valence-corrected chi connectivity index (χ4v) is 2.74. The molecular formula is C22H21N3O4. The number of amides is 1. The Morgan fingerprint density at radius 2 is 1.79 bits per heavy atom. The van der Waals surface area contributed by atoms with Gasteiger partial charge >= 0.3 is 5.97 Å². The lowest BCUT2D eigenvalue weighted by Gasteiger charge is -2.13. The molecule has 0 aliphatic carbocycles. The van der Waals surface area contributed by atoms with Crippen molar-refractivity contribution in [2.24, 2.45) is 0 Å². The van der Waals surface area contributed by atoms with Crippen LogP contribution in [-0.4, -0.2) is 31.1 Å². The molecule has 2 N–H and O–H groups in total. The highest BCUT2D eigenvalue weighted by atomic mass is 16.5. The second kappa shape index (κ2) is 8.88. The summed E-state index contributed by atoms with van der Waals surface area (Å²) in [6, 6.07) is 15.7. The summed E-state index contributed by atoms with van der Waals surface area (Å²) in [7, 11) is 2.91. The van der Waals surface area contributed by atoms with Gasteiger partial charge in [0.05, 0.1) is 25.5 Å². The van der Waals surface area contributed by atoms with Crippen LogP contribution in [0.25, 0.3) is 0 Å². The molecule has 0 fully saturated rings. The number of rotatable bonds is 6. The van der Waals surface area contributed by atoms with Crippen LogP contribution in [0.15, 0.2) is 60.8 Å². The maximum Gasteiger partial charge on any atom is 0.337 e. The number of nitrogens with zero attached hydrogens (tertiary/aromatic N) is 1. The van der Waals surface area contributed by atoms with Gasteiger partial charge < -0.3 is 20.1 Å². The fourth-order valence-electron chi connectivity index (χ4n) is 2.74. The third-order valence-electron chi connectivity index (χ3n) is 4.17. The van der Waals surface area contributed by atoms with Gasteiger partial charge in [0.1, 0.15) is 11.4 Å². The second-order valence-corrected chi connectivity index (χ2v) is 6.29. The monoisotopic (exact) mass is 391 g/mol. The van der Waals surface area contributed by atoms with E-state index >= 15 is 0 Å². The summed E-state index contributed by atoms with van der Waals surface area (Å²) >= 11 is 0. The number of pyridine rings is 1. The lowest BCUT2D eigenvalue weighted by atomic mass is 10.2. The molecule has 2 aromatic carbocycles. The van der Waals surface area contributed by atoms with E-state index in [0.29, 0.717) is 22.7 Å². The Morgan fingerprint density at radius 3 is 2.55 bits per heavy atom. The van der Waals surface area contributed by atoms with Gasteiger partial charge in [-0.05, 0) is 55.0 Å². The second-order valence-electron chi connectivity index (χ2n) is 6.29. The molecule has 1 aromatic heterocycles. The smallest absolute Gasteiger partial charge is 0.337 e. The van der Waals surface area contributed by atoms with Gasteiger partial charge in [0, 0.05) is 17.6 Å². The quantitative estimate of drug-likeness (QED) is 0.613. The van der Waals surface area contributed by atoms with Gasteiger partial charge in [-0.15, -0.1) is 0 Å². The summed E-state index contributed by atoms with van der Waals surface area (Å²) in [5, 5.41) is 5.99. The zero-order chi connectivity index (χ0) is 20.8. The zero-order valence-corrected chi connectivity index (χ0v) is 16.4. The third-order valence-corrected chi connectivity index (χ3v) is 4.17. The number of carbonyl (C=O) groups excluding carboxylic acids is 2. The van der Waals surface area contributed by atoms with Crippen LogP contribution in [0.1, 0.15) is 26.4 Å². The van der Waals surface area contributed by atoms with Crippen LogP contribution >= 0.6 is 0 Å². The van der Waals surface area contributed by atoms with Crippen LogP contribution in [0.2, 0.25) is 0 Å². The molecule has 7 nitrogen and oxygen atoms in total. The number of hydrogen-bond acceptors (Lipinski definition) is 6. The average molecular weight is 391 g/mol. The number of benzene rings is 2. The predicted molar refractivity (Wildman–Crippen MR) is 111 cm³/mol. The van der Waals surface area contributed by atoms with Gasteiger partial charge in [-0.1, -0.05) is 12.1 Å². The lowest BCUT2D eigenvalue weighted by molar-refractivity contribution is 0.0600. The highest BCUT2D eigenvalue weighted by molar-refractivity contribution is 6.04. The van der Waals surface area contributed by atoms with E-state index in [0.717, 1.165) is 11.3 Å². The molecule has 0 atom stereocenters. The predicted octanol–water partition coefficient (Wildman–Crippen LogP) is 4.18. The summed E-state index contributed by atoms with van der Waals surface area (Å²) in [5.74, 6) is -0.178. The molecule has 0 aliphatic heterocycles. The highest BCUT2D eigenvalue weighted by Crippen LogP contribution is 2.28. The number of hydrogen-bond donors (Lipinski definition) is 2. The molecule has 29 heavy (non-hydrogen) atoms. The molecule has 7 heteroatoms. The summed E-state index contributed by atoms with van der Waals surface area (Å²) in [6.07, 6.45) is 1.55.